The maximum Gasteiger partial charge on any atom is 0.422 e. The Labute approximate surface area is 164 Å². The van der Waals surface area contributed by atoms with Crippen LogP contribution in [0.15, 0.2) is 46.9 Å². The van der Waals surface area contributed by atoms with Crippen LogP contribution in [0.25, 0.3) is 11.0 Å². The van der Waals surface area contributed by atoms with Crippen LogP contribution in [0.3, 0.4) is 0 Å². The van der Waals surface area contributed by atoms with Crippen LogP contribution in [0.4, 0.5) is 32.0 Å². The molecule has 0 atom stereocenters. The first-order valence-corrected chi connectivity index (χ1v) is 8.33. The number of aromatic carboxylic acids is 1. The molecule has 3 rings (SSSR count). The molecule has 0 aliphatic carbocycles. The Kier molecular flexibility index (Phi) is 5.55. The number of ether oxygens (including phenoxy) is 1. The number of rotatable bonds is 6. The molecule has 1 aromatic heterocycles. The van der Waals surface area contributed by atoms with E-state index < -0.39 is 36.2 Å². The van der Waals surface area contributed by atoms with E-state index in [-0.39, 0.29) is 18.0 Å². The predicted molar refractivity (Wildman–Crippen MR) is 93.5 cm³/mol. The summed E-state index contributed by atoms with van der Waals surface area (Å²) >= 11 is 0. The molecule has 0 unspecified atom stereocenters. The van der Waals surface area contributed by atoms with Gasteiger partial charge in [-0.2, -0.15) is 26.3 Å². The van der Waals surface area contributed by atoms with E-state index in [1.165, 1.54) is 12.1 Å². The molecule has 3 aromatic rings. The minimum absolute atomic E-state index is 0.00690. The number of nitrogens with one attached hydrogen (secondary N) is 1. The average Bonchev–Trinajstić information content (AvgIpc) is 3.07. The van der Waals surface area contributed by atoms with Crippen LogP contribution in [0, 0.1) is 0 Å². The van der Waals surface area contributed by atoms with Crippen molar-refractivity contribution in [1.82, 2.24) is 0 Å². The van der Waals surface area contributed by atoms with Crippen molar-refractivity contribution in [3.63, 3.8) is 0 Å². The lowest BCUT2D eigenvalue weighted by molar-refractivity contribution is -0.158. The predicted octanol–water partition coefficient (Wildman–Crippen LogP) is 5.70. The standard InChI is InChI=1S/C19H13F6NO4/c20-18(21,22)9-29-14-4-3-12(7-13(14)19(23,24)25)26-8-10-1-2-11-6-16(17(27)28)30-15(11)5-10/h1-7,26H,8-9H2,(H,27,28). The molecular weight excluding hydrogens is 420 g/mol. The molecule has 160 valence electrons. The normalized spacial score (nSPS) is 12.2. The molecule has 0 aliphatic rings. The van der Waals surface area contributed by atoms with Crippen LogP contribution in [0.1, 0.15) is 21.7 Å². The van der Waals surface area contributed by atoms with Crippen LogP contribution in [0.2, 0.25) is 0 Å². The highest BCUT2D eigenvalue weighted by Crippen LogP contribution is 2.38. The van der Waals surface area contributed by atoms with Crippen molar-refractivity contribution in [2.45, 2.75) is 18.9 Å². The van der Waals surface area contributed by atoms with Crippen molar-refractivity contribution in [2.75, 3.05) is 11.9 Å². The van der Waals surface area contributed by atoms with E-state index in [9.17, 15) is 31.1 Å². The summed E-state index contributed by atoms with van der Waals surface area (Å²) in [5.74, 6) is -2.42. The zero-order chi connectivity index (χ0) is 22.1. The number of anilines is 1. The first-order chi connectivity index (χ1) is 13.9. The Morgan fingerprint density at radius 2 is 1.77 bits per heavy atom. The zero-order valence-corrected chi connectivity index (χ0v) is 14.9. The molecule has 5 nitrogen and oxygen atoms in total. The Bertz CT molecular complexity index is 1070. The third kappa shape index (κ3) is 5.16. The molecule has 0 saturated carbocycles. The number of carbonyl (C=O) groups is 1. The first-order valence-electron chi connectivity index (χ1n) is 8.33. The number of alkyl halides is 6. The van der Waals surface area contributed by atoms with Gasteiger partial charge in [-0.05, 0) is 35.9 Å². The van der Waals surface area contributed by atoms with Gasteiger partial charge in [0, 0.05) is 17.6 Å². The van der Waals surface area contributed by atoms with Crippen molar-refractivity contribution < 1.29 is 45.4 Å². The maximum atomic E-state index is 13.2. The molecule has 0 radical (unpaired) electrons. The van der Waals surface area contributed by atoms with E-state index in [4.69, 9.17) is 9.52 Å². The van der Waals surface area contributed by atoms with Crippen molar-refractivity contribution in [2.24, 2.45) is 0 Å². The van der Waals surface area contributed by atoms with Crippen molar-refractivity contribution >= 4 is 22.6 Å². The molecule has 11 heteroatoms. The monoisotopic (exact) mass is 433 g/mol. The summed E-state index contributed by atoms with van der Waals surface area (Å²) in [5.41, 5.74) is -0.463. The molecule has 30 heavy (non-hydrogen) atoms. The molecular formula is C19H13F6NO4. The topological polar surface area (TPSA) is 71.7 Å². The van der Waals surface area contributed by atoms with Gasteiger partial charge in [-0.15, -0.1) is 0 Å². The summed E-state index contributed by atoms with van der Waals surface area (Å²) in [6.07, 6.45) is -9.69. The van der Waals surface area contributed by atoms with E-state index in [1.807, 2.05) is 0 Å². The van der Waals surface area contributed by atoms with E-state index in [0.717, 1.165) is 12.1 Å². The summed E-state index contributed by atoms with van der Waals surface area (Å²) in [5, 5.41) is 12.2. The minimum atomic E-state index is -4.92. The first kappa shape index (κ1) is 21.3. The van der Waals surface area contributed by atoms with Gasteiger partial charge in [0.25, 0.3) is 0 Å². The Morgan fingerprint density at radius 1 is 1.03 bits per heavy atom. The summed E-state index contributed by atoms with van der Waals surface area (Å²) in [6, 6.07) is 8.71. The maximum absolute atomic E-state index is 13.2. The van der Waals surface area contributed by atoms with Crippen molar-refractivity contribution in [3.05, 3.63) is 59.4 Å². The largest absolute Gasteiger partial charge is 0.483 e. The fourth-order valence-corrected chi connectivity index (χ4v) is 2.64. The SMILES string of the molecule is O=C(O)c1cc2ccc(CNc3ccc(OCC(F)(F)F)c(C(F)(F)F)c3)cc2o1. The van der Waals surface area contributed by atoms with Gasteiger partial charge >= 0.3 is 18.3 Å². The van der Waals surface area contributed by atoms with Gasteiger partial charge in [0.15, 0.2) is 6.61 Å². The minimum Gasteiger partial charge on any atom is -0.483 e. The zero-order valence-electron chi connectivity index (χ0n) is 14.9. The third-order valence-electron chi connectivity index (χ3n) is 3.97. The van der Waals surface area contributed by atoms with E-state index >= 15 is 0 Å². The highest BCUT2D eigenvalue weighted by Gasteiger charge is 2.36. The summed E-state index contributed by atoms with van der Waals surface area (Å²) < 4.78 is 85.8. The van der Waals surface area contributed by atoms with Crippen molar-refractivity contribution in [1.29, 1.82) is 0 Å². The fraction of sp³-hybridized carbons (Fsp3) is 0.211. The van der Waals surface area contributed by atoms with Gasteiger partial charge in [-0.25, -0.2) is 4.79 Å². The second kappa shape index (κ2) is 7.81. The quantitative estimate of drug-likeness (QED) is 0.488. The lowest BCUT2D eigenvalue weighted by Gasteiger charge is -2.17. The molecule has 0 spiro atoms. The Balaban J connectivity index is 1.77. The van der Waals surface area contributed by atoms with Gasteiger partial charge < -0.3 is 19.6 Å². The molecule has 0 aliphatic heterocycles. The summed E-state index contributed by atoms with van der Waals surface area (Å²) in [6.45, 7) is -1.79. The Hall–Kier alpha value is -3.37. The molecule has 1 heterocycles. The number of carboxylic acids is 1. The number of fused-ring (bicyclic) bond motifs is 1. The number of halogens is 6. The molecule has 2 N–H and O–H groups in total. The van der Waals surface area contributed by atoms with Gasteiger partial charge in [0.1, 0.15) is 11.3 Å². The van der Waals surface area contributed by atoms with Crippen LogP contribution in [-0.4, -0.2) is 23.9 Å². The fourth-order valence-electron chi connectivity index (χ4n) is 2.64. The molecule has 0 bridgehead atoms. The summed E-state index contributed by atoms with van der Waals surface area (Å²) in [4.78, 5) is 10.9. The molecule has 2 aromatic carbocycles. The van der Waals surface area contributed by atoms with Gasteiger partial charge in [-0.1, -0.05) is 12.1 Å². The molecule has 0 saturated heterocycles. The number of hydrogen-bond donors (Lipinski definition) is 2. The number of furan rings is 1. The molecule has 0 fully saturated rings. The number of benzene rings is 2. The van der Waals surface area contributed by atoms with Crippen LogP contribution in [-0.2, 0) is 12.7 Å². The van der Waals surface area contributed by atoms with Gasteiger partial charge in [0.05, 0.1) is 5.56 Å². The van der Waals surface area contributed by atoms with Gasteiger partial charge in [-0.3, -0.25) is 0 Å². The Morgan fingerprint density at radius 3 is 2.40 bits per heavy atom. The van der Waals surface area contributed by atoms with E-state index in [2.05, 4.69) is 10.1 Å². The smallest absolute Gasteiger partial charge is 0.422 e. The van der Waals surface area contributed by atoms with Crippen LogP contribution in [0.5, 0.6) is 5.75 Å². The van der Waals surface area contributed by atoms with E-state index in [1.54, 1.807) is 12.1 Å². The highest BCUT2D eigenvalue weighted by molar-refractivity contribution is 5.91. The van der Waals surface area contributed by atoms with Gasteiger partial charge in [0.2, 0.25) is 5.76 Å². The lowest BCUT2D eigenvalue weighted by atomic mass is 10.1. The van der Waals surface area contributed by atoms with E-state index in [0.29, 0.717) is 22.6 Å². The number of carboxylic acid groups (broad SMARTS) is 1. The van der Waals surface area contributed by atoms with Crippen molar-refractivity contribution in [3.8, 4) is 5.75 Å². The average molecular weight is 433 g/mol. The summed E-state index contributed by atoms with van der Waals surface area (Å²) in [7, 11) is 0. The number of hydrogen-bond acceptors (Lipinski definition) is 4. The lowest BCUT2D eigenvalue weighted by Crippen LogP contribution is -2.21. The van der Waals surface area contributed by atoms with Crippen LogP contribution >= 0.6 is 0 Å². The second-order valence-corrected chi connectivity index (χ2v) is 6.25. The second-order valence-electron chi connectivity index (χ2n) is 6.25. The third-order valence-corrected chi connectivity index (χ3v) is 3.97. The highest BCUT2D eigenvalue weighted by atomic mass is 19.4. The van der Waals surface area contributed by atoms with Crippen LogP contribution < -0.4 is 10.1 Å². The molecule has 0 amide bonds.